The number of hydrogen-bond acceptors (Lipinski definition) is 2. The van der Waals surface area contributed by atoms with Crippen molar-refractivity contribution in [2.75, 3.05) is 18.0 Å². The van der Waals surface area contributed by atoms with Crippen molar-refractivity contribution in [1.29, 1.82) is 0 Å². The molecule has 1 aliphatic heterocycles. The fraction of sp³-hybridized carbons (Fsp3) is 0.556. The first-order valence-corrected chi connectivity index (χ1v) is 7.87. The Morgan fingerprint density at radius 3 is 2.48 bits per heavy atom. The molecule has 0 spiro atoms. The number of piperidine rings is 1. The van der Waals surface area contributed by atoms with E-state index in [0.717, 1.165) is 35.3 Å². The van der Waals surface area contributed by atoms with Gasteiger partial charge in [-0.05, 0) is 36.5 Å². The molecule has 1 aromatic rings. The third-order valence-corrected chi connectivity index (χ3v) is 4.05. The summed E-state index contributed by atoms with van der Waals surface area (Å²) >= 11 is 6.25. The predicted octanol–water partition coefficient (Wildman–Crippen LogP) is 5.47. The van der Waals surface area contributed by atoms with E-state index in [1.54, 1.807) is 0 Å². The van der Waals surface area contributed by atoms with Crippen molar-refractivity contribution in [3.63, 3.8) is 0 Å². The zero-order valence-electron chi connectivity index (χ0n) is 12.7. The third-order valence-electron chi connectivity index (χ3n) is 3.73. The predicted molar refractivity (Wildman–Crippen MR) is 94.9 cm³/mol. The van der Waals surface area contributed by atoms with Crippen molar-refractivity contribution in [3.8, 4) is 0 Å². The minimum Gasteiger partial charge on any atom is -0.370 e. The monoisotopic (exact) mass is 309 g/mol. The standard InChI is InChI=1S/C15H18ClNO.C2H6.CH4/c1-2-12-5-8-17(9-6-12)15-11-13(7-10-18)3-4-14(15)16;1-2;/h3-4,7,11-12H,2,5-6,8-9H2,1H3;1-2H3;1H4. The highest BCUT2D eigenvalue weighted by Crippen LogP contribution is 2.31. The quantitative estimate of drug-likeness (QED) is 0.690. The summed E-state index contributed by atoms with van der Waals surface area (Å²) in [6, 6.07) is 5.67. The second-order valence-corrected chi connectivity index (χ2v) is 5.22. The lowest BCUT2D eigenvalue weighted by Crippen LogP contribution is -2.33. The minimum atomic E-state index is 0. The van der Waals surface area contributed by atoms with E-state index >= 15 is 0 Å². The first-order chi connectivity index (χ1) is 9.74. The molecule has 3 heteroatoms. The summed E-state index contributed by atoms with van der Waals surface area (Å²) in [5, 5.41) is 0.757. The topological polar surface area (TPSA) is 20.3 Å². The first kappa shape index (κ1) is 19.8. The molecule has 21 heavy (non-hydrogen) atoms. The Morgan fingerprint density at radius 2 is 1.95 bits per heavy atom. The van der Waals surface area contributed by atoms with Gasteiger partial charge in [-0.1, -0.05) is 52.3 Å². The smallest absolute Gasteiger partial charge is 0.125 e. The molecule has 0 N–H and O–H groups in total. The van der Waals surface area contributed by atoms with Gasteiger partial charge in [0.05, 0.1) is 10.7 Å². The maximum Gasteiger partial charge on any atom is 0.125 e. The van der Waals surface area contributed by atoms with Crippen LogP contribution in [0.2, 0.25) is 5.02 Å². The Kier molecular flexibility index (Phi) is 9.86. The fourth-order valence-corrected chi connectivity index (χ4v) is 2.75. The average Bonchev–Trinajstić information content (AvgIpc) is 2.52. The summed E-state index contributed by atoms with van der Waals surface area (Å²) in [6.45, 7) is 8.35. The highest BCUT2D eigenvalue weighted by molar-refractivity contribution is 6.33. The Bertz CT molecular complexity index is 458. The molecule has 0 radical (unpaired) electrons. The highest BCUT2D eigenvalue weighted by Gasteiger charge is 2.19. The van der Waals surface area contributed by atoms with Crippen LogP contribution in [0.3, 0.4) is 0 Å². The molecular weight excluding hydrogens is 282 g/mol. The lowest BCUT2D eigenvalue weighted by atomic mass is 9.94. The average molecular weight is 310 g/mol. The van der Waals surface area contributed by atoms with Crippen LogP contribution in [0.4, 0.5) is 5.69 Å². The van der Waals surface area contributed by atoms with E-state index in [1.807, 2.05) is 38.0 Å². The Morgan fingerprint density at radius 1 is 1.33 bits per heavy atom. The van der Waals surface area contributed by atoms with Crippen molar-refractivity contribution < 1.29 is 4.79 Å². The molecule has 118 valence electrons. The number of rotatable bonds is 3. The van der Waals surface area contributed by atoms with Crippen molar-refractivity contribution in [3.05, 3.63) is 28.8 Å². The zero-order valence-corrected chi connectivity index (χ0v) is 13.4. The van der Waals surface area contributed by atoms with Crippen LogP contribution in [0, 0.1) is 5.92 Å². The van der Waals surface area contributed by atoms with Crippen molar-refractivity contribution in [2.24, 2.45) is 5.92 Å². The van der Waals surface area contributed by atoms with E-state index in [-0.39, 0.29) is 7.43 Å². The van der Waals surface area contributed by atoms with Crippen LogP contribution in [0.5, 0.6) is 0 Å². The molecule has 0 atom stereocenters. The number of carbonyl (C=O) groups excluding carboxylic acids is 1. The molecule has 0 aromatic heterocycles. The Labute approximate surface area is 134 Å². The molecule has 0 unspecified atom stereocenters. The number of hydrogen-bond donors (Lipinski definition) is 0. The zero-order chi connectivity index (χ0) is 15.0. The minimum absolute atomic E-state index is 0. The van der Waals surface area contributed by atoms with Gasteiger partial charge in [-0.15, -0.1) is 0 Å². The molecule has 1 aliphatic rings. The van der Waals surface area contributed by atoms with Gasteiger partial charge in [0.1, 0.15) is 5.94 Å². The highest BCUT2D eigenvalue weighted by atomic mass is 35.5. The molecule has 1 saturated heterocycles. The molecule has 1 fully saturated rings. The van der Waals surface area contributed by atoms with Crippen LogP contribution < -0.4 is 4.90 Å². The molecular formula is C18H28ClNO. The van der Waals surface area contributed by atoms with Gasteiger partial charge in [0, 0.05) is 19.2 Å². The third kappa shape index (κ3) is 5.57. The van der Waals surface area contributed by atoms with Crippen LogP contribution in [0.1, 0.15) is 53.0 Å². The summed E-state index contributed by atoms with van der Waals surface area (Å²) in [5.74, 6) is 2.66. The van der Waals surface area contributed by atoms with Gasteiger partial charge in [0.25, 0.3) is 0 Å². The number of benzene rings is 1. The van der Waals surface area contributed by atoms with Crippen LogP contribution in [-0.4, -0.2) is 19.0 Å². The molecule has 1 heterocycles. The molecule has 0 bridgehead atoms. The summed E-state index contributed by atoms with van der Waals surface area (Å²) in [5.41, 5.74) is 1.90. The molecule has 2 nitrogen and oxygen atoms in total. The van der Waals surface area contributed by atoms with Gasteiger partial charge < -0.3 is 4.90 Å². The van der Waals surface area contributed by atoms with E-state index in [4.69, 9.17) is 11.6 Å². The number of halogens is 1. The summed E-state index contributed by atoms with van der Waals surface area (Å²) in [7, 11) is 0. The van der Waals surface area contributed by atoms with Crippen molar-refractivity contribution in [2.45, 2.75) is 47.5 Å². The maximum absolute atomic E-state index is 10.4. The van der Waals surface area contributed by atoms with E-state index < -0.39 is 0 Å². The summed E-state index contributed by atoms with van der Waals surface area (Å²) in [4.78, 5) is 12.7. The van der Waals surface area contributed by atoms with Gasteiger partial charge in [-0.25, -0.2) is 4.79 Å². The lowest BCUT2D eigenvalue weighted by Gasteiger charge is -2.33. The van der Waals surface area contributed by atoms with E-state index in [9.17, 15) is 4.79 Å². The van der Waals surface area contributed by atoms with Crippen molar-refractivity contribution in [1.82, 2.24) is 0 Å². The van der Waals surface area contributed by atoms with Crippen molar-refractivity contribution >= 4 is 29.3 Å². The number of nitrogens with zero attached hydrogens (tertiary/aromatic N) is 1. The molecule has 0 amide bonds. The van der Waals surface area contributed by atoms with Gasteiger partial charge >= 0.3 is 0 Å². The molecule has 1 aromatic carbocycles. The van der Waals surface area contributed by atoms with Crippen LogP contribution in [0.25, 0.3) is 6.08 Å². The summed E-state index contributed by atoms with van der Waals surface area (Å²) < 4.78 is 0. The second-order valence-electron chi connectivity index (χ2n) is 4.81. The summed E-state index contributed by atoms with van der Waals surface area (Å²) in [6.07, 6.45) is 5.15. The van der Waals surface area contributed by atoms with Crippen LogP contribution in [0.15, 0.2) is 18.2 Å². The SMILES string of the molecule is C.CC.CCC1CCN(c2cc(C=C=O)ccc2Cl)CC1. The second kappa shape index (κ2) is 10.5. The van der Waals surface area contributed by atoms with Gasteiger partial charge in [0.2, 0.25) is 0 Å². The van der Waals surface area contributed by atoms with E-state index in [2.05, 4.69) is 11.8 Å². The molecule has 0 aliphatic carbocycles. The van der Waals surface area contributed by atoms with Crippen LogP contribution in [-0.2, 0) is 4.79 Å². The normalized spacial score (nSPS) is 14.4. The van der Waals surface area contributed by atoms with Gasteiger partial charge in [-0.3, -0.25) is 0 Å². The molecule has 2 rings (SSSR count). The first-order valence-electron chi connectivity index (χ1n) is 7.50. The Hall–Kier alpha value is -1.24. The largest absolute Gasteiger partial charge is 0.370 e. The Balaban J connectivity index is 0.00000128. The lowest BCUT2D eigenvalue weighted by molar-refractivity contribution is 0.395. The molecule has 0 saturated carbocycles. The van der Waals surface area contributed by atoms with Gasteiger partial charge in [-0.2, -0.15) is 0 Å². The van der Waals surface area contributed by atoms with Gasteiger partial charge in [0.15, 0.2) is 0 Å². The fourth-order valence-electron chi connectivity index (χ4n) is 2.51. The van der Waals surface area contributed by atoms with E-state index in [0.29, 0.717) is 0 Å². The van der Waals surface area contributed by atoms with E-state index in [1.165, 1.54) is 25.3 Å². The number of anilines is 1. The maximum atomic E-state index is 10.4. The van der Waals surface area contributed by atoms with Crippen LogP contribution >= 0.6 is 11.6 Å².